The van der Waals surface area contributed by atoms with Gasteiger partial charge in [-0.1, -0.05) is 312 Å². The second kappa shape index (κ2) is 62.8. The first-order valence-corrected chi connectivity index (χ1v) is 40.4. The van der Waals surface area contributed by atoms with Crippen LogP contribution in [0, 0.1) is 17.8 Å². The van der Waals surface area contributed by atoms with Gasteiger partial charge in [0.15, 0.2) is 12.2 Å². The van der Waals surface area contributed by atoms with Gasteiger partial charge in [-0.2, -0.15) is 0 Å². The molecule has 0 aliphatic carbocycles. The van der Waals surface area contributed by atoms with Gasteiger partial charge in [-0.3, -0.25) is 37.3 Å². The Kier molecular flexibility index (Phi) is 61.5. The number of phosphoric ester groups is 2. The van der Waals surface area contributed by atoms with Gasteiger partial charge in [0.05, 0.1) is 26.4 Å². The van der Waals surface area contributed by atoms with Crippen LogP contribution in [0.3, 0.4) is 0 Å². The van der Waals surface area contributed by atoms with E-state index in [9.17, 15) is 43.2 Å². The third kappa shape index (κ3) is 65.1. The lowest BCUT2D eigenvalue weighted by atomic mass is 10.00. The Morgan fingerprint density at radius 2 is 0.560 bits per heavy atom. The van der Waals surface area contributed by atoms with Crippen LogP contribution in [0.1, 0.15) is 363 Å². The Balaban J connectivity index is 5.16. The summed E-state index contributed by atoms with van der Waals surface area (Å²) in [5.74, 6) is 0.000894. The molecule has 0 fully saturated rings. The van der Waals surface area contributed by atoms with Crippen molar-refractivity contribution in [1.82, 2.24) is 0 Å². The Bertz CT molecular complexity index is 1790. The van der Waals surface area contributed by atoms with Crippen LogP contribution in [-0.4, -0.2) is 96.7 Å². The van der Waals surface area contributed by atoms with Crippen LogP contribution in [0.4, 0.5) is 0 Å². The summed E-state index contributed by atoms with van der Waals surface area (Å²) in [5.41, 5.74) is 0. The molecule has 3 unspecified atom stereocenters. The van der Waals surface area contributed by atoms with E-state index >= 15 is 0 Å². The molecule has 0 amide bonds. The predicted octanol–water partition coefficient (Wildman–Crippen LogP) is 20.6. The smallest absolute Gasteiger partial charge is 0.462 e. The highest BCUT2D eigenvalue weighted by Gasteiger charge is 2.30. The van der Waals surface area contributed by atoms with E-state index in [1.807, 2.05) is 0 Å². The summed E-state index contributed by atoms with van der Waals surface area (Å²) in [5, 5.41) is 10.6. The van der Waals surface area contributed by atoms with Crippen LogP contribution in [0.5, 0.6) is 0 Å². The van der Waals surface area contributed by atoms with Crippen molar-refractivity contribution in [3.05, 3.63) is 0 Å². The number of hydrogen-bond donors (Lipinski definition) is 3. The lowest BCUT2D eigenvalue weighted by molar-refractivity contribution is -0.161. The fourth-order valence-electron chi connectivity index (χ4n) is 10.9. The molecule has 0 saturated carbocycles. The molecule has 0 radical (unpaired) electrons. The molecule has 0 aromatic carbocycles. The fraction of sp³-hybridized carbons (Fsp3) is 0.944. The Morgan fingerprint density at radius 3 is 0.835 bits per heavy atom. The lowest BCUT2D eigenvalue weighted by Crippen LogP contribution is -2.30. The first-order valence-electron chi connectivity index (χ1n) is 37.4. The van der Waals surface area contributed by atoms with E-state index < -0.39 is 97.5 Å². The minimum Gasteiger partial charge on any atom is -0.462 e. The number of aliphatic hydroxyl groups is 1. The van der Waals surface area contributed by atoms with Crippen molar-refractivity contribution in [2.24, 2.45) is 17.8 Å². The summed E-state index contributed by atoms with van der Waals surface area (Å²) >= 11 is 0. The van der Waals surface area contributed by atoms with Crippen LogP contribution in [0.25, 0.3) is 0 Å². The van der Waals surface area contributed by atoms with Crippen LogP contribution in [0.2, 0.25) is 0 Å². The predicted molar refractivity (Wildman–Crippen MR) is 368 cm³/mol. The molecule has 0 aromatic rings. The molecule has 19 heteroatoms. The van der Waals surface area contributed by atoms with E-state index in [-0.39, 0.29) is 25.7 Å². The van der Waals surface area contributed by atoms with E-state index in [4.69, 9.17) is 37.0 Å². The van der Waals surface area contributed by atoms with Gasteiger partial charge in [0.25, 0.3) is 0 Å². The van der Waals surface area contributed by atoms with Crippen molar-refractivity contribution in [1.29, 1.82) is 0 Å². The molecule has 0 aliphatic rings. The van der Waals surface area contributed by atoms with Gasteiger partial charge in [-0.05, 0) is 43.4 Å². The number of carbonyl (C=O) groups is 4. The van der Waals surface area contributed by atoms with Crippen LogP contribution < -0.4 is 0 Å². The molecular weight excluding hydrogens is 1200 g/mol. The molecule has 17 nitrogen and oxygen atoms in total. The maximum atomic E-state index is 13.0. The number of hydrogen-bond acceptors (Lipinski definition) is 15. The topological polar surface area (TPSA) is 237 Å². The zero-order chi connectivity index (χ0) is 67.3. The zero-order valence-corrected chi connectivity index (χ0v) is 61.1. The first kappa shape index (κ1) is 89.1. The van der Waals surface area contributed by atoms with Crippen LogP contribution >= 0.6 is 15.6 Å². The number of aliphatic hydroxyl groups excluding tert-OH is 1. The second-order valence-corrected chi connectivity index (χ2v) is 30.1. The molecule has 0 aromatic heterocycles. The Morgan fingerprint density at radius 1 is 0.319 bits per heavy atom. The Hall–Kier alpha value is -1.94. The normalized spacial score (nSPS) is 14.5. The van der Waals surface area contributed by atoms with Gasteiger partial charge < -0.3 is 33.8 Å². The summed E-state index contributed by atoms with van der Waals surface area (Å²) in [6.07, 6.45) is 47.7. The quantitative estimate of drug-likeness (QED) is 0.0222. The highest BCUT2D eigenvalue weighted by atomic mass is 31.2. The van der Waals surface area contributed by atoms with Crippen molar-refractivity contribution < 1.29 is 80.2 Å². The SMILES string of the molecule is CCCCCCCCCCCCCCCCCCCCCCCC(=O)O[C@H](COC(=O)CCCCCCCCCC(C)C)COP(=O)(O)OC[C@@H](O)COP(=O)(O)OC[C@@H](COC(=O)CCCCCCCCC(C)CC)OC(=O)CCCCCCCCCC(C)C. The highest BCUT2D eigenvalue weighted by molar-refractivity contribution is 7.47. The molecule has 6 atom stereocenters. The number of ether oxygens (including phenoxy) is 4. The second-order valence-electron chi connectivity index (χ2n) is 27.2. The van der Waals surface area contributed by atoms with Gasteiger partial charge in [0, 0.05) is 25.7 Å². The molecule has 540 valence electrons. The largest absolute Gasteiger partial charge is 0.472 e. The van der Waals surface area contributed by atoms with Crippen molar-refractivity contribution in [2.45, 2.75) is 381 Å². The van der Waals surface area contributed by atoms with E-state index in [1.54, 1.807) is 0 Å². The van der Waals surface area contributed by atoms with Gasteiger partial charge in [-0.15, -0.1) is 0 Å². The number of phosphoric acid groups is 2. The highest BCUT2D eigenvalue weighted by Crippen LogP contribution is 2.45. The van der Waals surface area contributed by atoms with Crippen molar-refractivity contribution in [3.63, 3.8) is 0 Å². The van der Waals surface area contributed by atoms with Crippen LogP contribution in [-0.2, 0) is 65.4 Å². The first-order chi connectivity index (χ1) is 43.8. The number of rotatable bonds is 70. The molecular formula is C72H140O17P2. The van der Waals surface area contributed by atoms with Gasteiger partial charge in [-0.25, -0.2) is 9.13 Å². The summed E-state index contributed by atoms with van der Waals surface area (Å²) in [7, 11) is -9.90. The third-order valence-corrected chi connectivity index (χ3v) is 18.9. The number of unbranched alkanes of at least 4 members (excludes halogenated alkanes) is 37. The molecule has 0 heterocycles. The summed E-state index contributed by atoms with van der Waals surface area (Å²) in [6.45, 7) is 11.7. The minimum absolute atomic E-state index is 0.102. The third-order valence-electron chi connectivity index (χ3n) is 17.0. The van der Waals surface area contributed by atoms with Crippen LogP contribution in [0.15, 0.2) is 0 Å². The van der Waals surface area contributed by atoms with Crippen molar-refractivity contribution in [2.75, 3.05) is 39.6 Å². The van der Waals surface area contributed by atoms with Crippen molar-refractivity contribution in [3.8, 4) is 0 Å². The molecule has 3 N–H and O–H groups in total. The molecule has 91 heavy (non-hydrogen) atoms. The van der Waals surface area contributed by atoms with Gasteiger partial charge in [0.1, 0.15) is 19.3 Å². The van der Waals surface area contributed by atoms with Gasteiger partial charge >= 0.3 is 39.5 Å². The summed E-state index contributed by atoms with van der Waals surface area (Å²) < 4.78 is 68.3. The number of esters is 4. The molecule has 0 spiro atoms. The van der Waals surface area contributed by atoms with E-state index in [0.29, 0.717) is 37.5 Å². The van der Waals surface area contributed by atoms with Gasteiger partial charge in [0.2, 0.25) is 0 Å². The zero-order valence-electron chi connectivity index (χ0n) is 59.3. The summed E-state index contributed by atoms with van der Waals surface area (Å²) in [6, 6.07) is 0. The standard InChI is InChI=1S/C72H140O17P2/c1-8-10-11-12-13-14-15-16-17-18-19-20-21-22-23-24-25-26-31-41-48-55-71(76)88-67(59-82-69(74)53-46-39-32-27-29-36-43-50-63(3)4)61-86-90(78,79)84-57-66(73)58-85-91(80,81)87-62-68(89-72(77)56-49-42-33-28-30-37-44-51-64(5)6)60-83-70(75)54-47-40-35-34-38-45-52-65(7)9-2/h63-68,73H,8-62H2,1-7H3,(H,78,79)(H,80,81)/t65?,66-,67-,68-/m1/s1. The van der Waals surface area contributed by atoms with E-state index in [1.165, 1.54) is 161 Å². The van der Waals surface area contributed by atoms with Crippen molar-refractivity contribution >= 4 is 39.5 Å². The summed E-state index contributed by atoms with van der Waals surface area (Å²) in [4.78, 5) is 72.5. The Labute approximate surface area is 556 Å². The van der Waals surface area contributed by atoms with E-state index in [0.717, 1.165) is 109 Å². The van der Waals surface area contributed by atoms with E-state index in [2.05, 4.69) is 48.5 Å². The average molecular weight is 1340 g/mol. The minimum atomic E-state index is -4.95. The monoisotopic (exact) mass is 1340 g/mol. The molecule has 0 bridgehead atoms. The maximum absolute atomic E-state index is 13.0. The number of carbonyl (C=O) groups excluding carboxylic acids is 4. The maximum Gasteiger partial charge on any atom is 0.472 e. The lowest BCUT2D eigenvalue weighted by Gasteiger charge is -2.21. The molecule has 0 rings (SSSR count). The molecule has 0 aliphatic heterocycles. The fourth-order valence-corrected chi connectivity index (χ4v) is 12.4. The molecule has 0 saturated heterocycles. The average Bonchev–Trinajstić information content (AvgIpc) is 3.69.